The number of nitriles is 1. The molecule has 0 saturated heterocycles. The molecule has 5 heteroatoms. The van der Waals surface area contributed by atoms with E-state index in [4.69, 9.17) is 10.5 Å². The highest BCUT2D eigenvalue weighted by molar-refractivity contribution is 9.10. The highest BCUT2D eigenvalue weighted by Gasteiger charge is 2.17. The molecule has 1 aromatic heterocycles. The third-order valence-electron chi connectivity index (χ3n) is 3.75. The molecule has 0 unspecified atom stereocenters. The molecule has 0 aliphatic heterocycles. The minimum Gasteiger partial charge on any atom is -0.496 e. The van der Waals surface area contributed by atoms with Gasteiger partial charge in [0.15, 0.2) is 0 Å². The molecule has 24 heavy (non-hydrogen) atoms. The molecule has 4 nitrogen and oxygen atoms in total. The second kappa shape index (κ2) is 6.73. The highest BCUT2D eigenvalue weighted by atomic mass is 79.9. The lowest BCUT2D eigenvalue weighted by Crippen LogP contribution is -2.00. The van der Waals surface area contributed by atoms with Crippen molar-refractivity contribution < 1.29 is 4.74 Å². The number of hydrogen-bond donors (Lipinski definition) is 1. The highest BCUT2D eigenvalue weighted by Crippen LogP contribution is 2.39. The van der Waals surface area contributed by atoms with Gasteiger partial charge in [-0.1, -0.05) is 36.4 Å². The summed E-state index contributed by atoms with van der Waals surface area (Å²) in [6.07, 6.45) is 1.71. The van der Waals surface area contributed by atoms with E-state index in [0.29, 0.717) is 5.56 Å². The van der Waals surface area contributed by atoms with Gasteiger partial charge in [-0.05, 0) is 39.2 Å². The summed E-state index contributed by atoms with van der Waals surface area (Å²) in [6, 6.07) is 17.7. The summed E-state index contributed by atoms with van der Waals surface area (Å²) < 4.78 is 6.09. The summed E-state index contributed by atoms with van der Waals surface area (Å²) in [5, 5.41) is 9.60. The van der Waals surface area contributed by atoms with Crippen LogP contribution in [0.25, 0.3) is 22.3 Å². The monoisotopic (exact) mass is 379 g/mol. The van der Waals surface area contributed by atoms with Crippen LogP contribution in [0.4, 0.5) is 5.82 Å². The van der Waals surface area contributed by atoms with Gasteiger partial charge in [0, 0.05) is 17.3 Å². The number of benzene rings is 2. The molecule has 2 aromatic carbocycles. The van der Waals surface area contributed by atoms with E-state index in [9.17, 15) is 5.26 Å². The van der Waals surface area contributed by atoms with Crippen molar-refractivity contribution in [2.75, 3.05) is 12.8 Å². The van der Waals surface area contributed by atoms with Crippen LogP contribution in [0.3, 0.4) is 0 Å². The van der Waals surface area contributed by atoms with Gasteiger partial charge in [0.05, 0.1) is 11.6 Å². The molecule has 0 radical (unpaired) electrons. The molecule has 0 fully saturated rings. The number of anilines is 1. The first-order chi connectivity index (χ1) is 11.7. The third kappa shape index (κ3) is 2.84. The number of nitrogen functional groups attached to an aromatic ring is 1. The van der Waals surface area contributed by atoms with Crippen LogP contribution in [0.1, 0.15) is 5.56 Å². The zero-order valence-electron chi connectivity index (χ0n) is 13.0. The summed E-state index contributed by atoms with van der Waals surface area (Å²) in [5.74, 6) is 0.944. The lowest BCUT2D eigenvalue weighted by Gasteiger charge is -2.14. The second-order valence-electron chi connectivity index (χ2n) is 5.13. The number of methoxy groups -OCH3 is 1. The van der Waals surface area contributed by atoms with E-state index in [1.54, 1.807) is 13.3 Å². The van der Waals surface area contributed by atoms with Crippen LogP contribution >= 0.6 is 15.9 Å². The fourth-order valence-electron chi connectivity index (χ4n) is 2.60. The van der Waals surface area contributed by atoms with Gasteiger partial charge < -0.3 is 10.5 Å². The van der Waals surface area contributed by atoms with Gasteiger partial charge in [0.2, 0.25) is 0 Å². The molecular weight excluding hydrogens is 366 g/mol. The average Bonchev–Trinajstić information content (AvgIpc) is 2.62. The van der Waals surface area contributed by atoms with E-state index in [2.05, 4.69) is 27.0 Å². The van der Waals surface area contributed by atoms with Crippen molar-refractivity contribution in [2.45, 2.75) is 0 Å². The maximum Gasteiger partial charge on any atom is 0.141 e. The largest absolute Gasteiger partial charge is 0.496 e. The Morgan fingerprint density at radius 1 is 1.12 bits per heavy atom. The number of ether oxygens (including phenoxy) is 1. The number of aromatic nitrogens is 1. The normalized spacial score (nSPS) is 10.2. The summed E-state index contributed by atoms with van der Waals surface area (Å²) in [6.45, 7) is 0. The molecule has 0 bridgehead atoms. The Bertz CT molecular complexity index is 933. The number of halogens is 1. The smallest absolute Gasteiger partial charge is 0.141 e. The molecule has 0 aliphatic carbocycles. The first-order valence-electron chi connectivity index (χ1n) is 7.23. The Hall–Kier alpha value is -2.84. The molecule has 0 aliphatic rings. The van der Waals surface area contributed by atoms with Gasteiger partial charge in [-0.25, -0.2) is 4.98 Å². The number of rotatable bonds is 3. The molecular formula is C19H14BrN3O. The summed E-state index contributed by atoms with van der Waals surface area (Å²) in [7, 11) is 1.61. The SMILES string of the molecule is COc1ccc(-c2c(-c3ccccc3)cnc(N)c2C#N)cc1Br. The lowest BCUT2D eigenvalue weighted by molar-refractivity contribution is 0.412. The Morgan fingerprint density at radius 3 is 2.50 bits per heavy atom. The van der Waals surface area contributed by atoms with Gasteiger partial charge in [-0.15, -0.1) is 0 Å². The van der Waals surface area contributed by atoms with Crippen LogP contribution in [-0.4, -0.2) is 12.1 Å². The van der Waals surface area contributed by atoms with Crippen molar-refractivity contribution in [1.82, 2.24) is 4.98 Å². The van der Waals surface area contributed by atoms with Gasteiger partial charge in [-0.2, -0.15) is 5.26 Å². The van der Waals surface area contributed by atoms with Crippen molar-refractivity contribution in [1.29, 1.82) is 5.26 Å². The summed E-state index contributed by atoms with van der Waals surface area (Å²) in [5.41, 5.74) is 9.78. The van der Waals surface area contributed by atoms with Crippen molar-refractivity contribution in [3.63, 3.8) is 0 Å². The summed E-state index contributed by atoms with van der Waals surface area (Å²) in [4.78, 5) is 4.19. The maximum atomic E-state index is 9.60. The summed E-state index contributed by atoms with van der Waals surface area (Å²) >= 11 is 3.50. The van der Waals surface area contributed by atoms with Crippen molar-refractivity contribution in [3.8, 4) is 34.1 Å². The minimum atomic E-state index is 0.221. The molecule has 1 heterocycles. The molecule has 0 saturated carbocycles. The van der Waals surface area contributed by atoms with E-state index >= 15 is 0 Å². The van der Waals surface area contributed by atoms with Gasteiger partial charge >= 0.3 is 0 Å². The quantitative estimate of drug-likeness (QED) is 0.719. The predicted molar refractivity (Wildman–Crippen MR) is 98.5 cm³/mol. The van der Waals surface area contributed by atoms with E-state index in [1.807, 2.05) is 48.5 Å². The topological polar surface area (TPSA) is 71.9 Å². The molecule has 0 amide bonds. The third-order valence-corrected chi connectivity index (χ3v) is 4.36. The van der Waals surface area contributed by atoms with Crippen LogP contribution in [0, 0.1) is 11.3 Å². The predicted octanol–water partition coefficient (Wildman–Crippen LogP) is 4.64. The van der Waals surface area contributed by atoms with Crippen molar-refractivity contribution in [2.24, 2.45) is 0 Å². The van der Waals surface area contributed by atoms with E-state index in [-0.39, 0.29) is 5.82 Å². The van der Waals surface area contributed by atoms with Crippen LogP contribution in [0.5, 0.6) is 5.75 Å². The first-order valence-corrected chi connectivity index (χ1v) is 8.03. The van der Waals surface area contributed by atoms with Crippen LogP contribution in [0.2, 0.25) is 0 Å². The first kappa shape index (κ1) is 16.0. The van der Waals surface area contributed by atoms with E-state index in [0.717, 1.165) is 32.5 Å². The standard InChI is InChI=1S/C19H14BrN3O/c1-24-17-8-7-13(9-16(17)20)18-14(10-21)19(22)23-11-15(18)12-5-3-2-4-6-12/h2-9,11H,1H3,(H2,22,23). The van der Waals surface area contributed by atoms with E-state index in [1.165, 1.54) is 0 Å². The molecule has 3 rings (SSSR count). The fraction of sp³-hybridized carbons (Fsp3) is 0.0526. The Labute approximate surface area is 148 Å². The number of nitrogens with two attached hydrogens (primary N) is 1. The molecule has 0 spiro atoms. The van der Waals surface area contributed by atoms with Crippen molar-refractivity contribution >= 4 is 21.7 Å². The zero-order chi connectivity index (χ0) is 17.1. The Kier molecular flexibility index (Phi) is 4.50. The number of pyridine rings is 1. The molecule has 2 N–H and O–H groups in total. The number of nitrogens with zero attached hydrogens (tertiary/aromatic N) is 2. The molecule has 118 valence electrons. The molecule has 0 atom stereocenters. The fourth-order valence-corrected chi connectivity index (χ4v) is 3.14. The van der Waals surface area contributed by atoms with Gasteiger partial charge in [0.1, 0.15) is 23.2 Å². The number of hydrogen-bond acceptors (Lipinski definition) is 4. The lowest BCUT2D eigenvalue weighted by atomic mass is 9.92. The van der Waals surface area contributed by atoms with Crippen LogP contribution < -0.4 is 10.5 Å². The minimum absolute atomic E-state index is 0.221. The second-order valence-corrected chi connectivity index (χ2v) is 5.99. The Balaban J connectivity index is 2.31. The average molecular weight is 380 g/mol. The zero-order valence-corrected chi connectivity index (χ0v) is 14.5. The Morgan fingerprint density at radius 2 is 1.88 bits per heavy atom. The molecule has 3 aromatic rings. The van der Waals surface area contributed by atoms with Crippen LogP contribution in [-0.2, 0) is 0 Å². The van der Waals surface area contributed by atoms with Gasteiger partial charge in [0.25, 0.3) is 0 Å². The van der Waals surface area contributed by atoms with Crippen LogP contribution in [0.15, 0.2) is 59.2 Å². The van der Waals surface area contributed by atoms with Crippen molar-refractivity contribution in [3.05, 3.63) is 64.8 Å². The van der Waals surface area contributed by atoms with E-state index < -0.39 is 0 Å². The van der Waals surface area contributed by atoms with Gasteiger partial charge in [-0.3, -0.25) is 0 Å². The maximum absolute atomic E-state index is 9.60.